The third-order valence-electron chi connectivity index (χ3n) is 2.03. The lowest BCUT2D eigenvalue weighted by Crippen LogP contribution is -2.20. The number of rotatable bonds is 4. The van der Waals surface area contributed by atoms with E-state index in [1.807, 2.05) is 24.3 Å². The summed E-state index contributed by atoms with van der Waals surface area (Å²) in [6, 6.07) is 8.09. The van der Waals surface area contributed by atoms with Crippen molar-refractivity contribution < 1.29 is 5.11 Å². The molecule has 14 heavy (non-hydrogen) atoms. The van der Waals surface area contributed by atoms with Crippen LogP contribution in [0.25, 0.3) is 0 Å². The highest BCUT2D eigenvalue weighted by atomic mass is 79.9. The SMILES string of the molecule is Cl.NCC(CO)Cc1ccc(Br)cc1. The molecule has 0 saturated carbocycles. The first-order valence-corrected chi connectivity index (χ1v) is 5.11. The molecule has 0 amide bonds. The van der Waals surface area contributed by atoms with Gasteiger partial charge in [-0.25, -0.2) is 0 Å². The van der Waals surface area contributed by atoms with Crippen molar-refractivity contribution in [3.63, 3.8) is 0 Å². The highest BCUT2D eigenvalue weighted by molar-refractivity contribution is 9.10. The molecule has 0 aromatic heterocycles. The van der Waals surface area contributed by atoms with Gasteiger partial charge in [-0.15, -0.1) is 12.4 Å². The highest BCUT2D eigenvalue weighted by Crippen LogP contribution is 2.13. The largest absolute Gasteiger partial charge is 0.396 e. The number of nitrogens with two attached hydrogens (primary N) is 1. The predicted molar refractivity (Wildman–Crippen MR) is 64.7 cm³/mol. The van der Waals surface area contributed by atoms with Crippen LogP contribution in [0.5, 0.6) is 0 Å². The Balaban J connectivity index is 0.00000169. The molecule has 0 spiro atoms. The molecule has 3 N–H and O–H groups in total. The molecule has 1 unspecified atom stereocenters. The fourth-order valence-corrected chi connectivity index (χ4v) is 1.44. The molecule has 1 rings (SSSR count). The number of aliphatic hydroxyl groups excluding tert-OH is 1. The molecule has 1 aromatic rings. The topological polar surface area (TPSA) is 46.2 Å². The van der Waals surface area contributed by atoms with Gasteiger partial charge in [0.25, 0.3) is 0 Å². The molecule has 0 aliphatic rings. The quantitative estimate of drug-likeness (QED) is 0.886. The van der Waals surface area contributed by atoms with Crippen molar-refractivity contribution in [3.8, 4) is 0 Å². The molecular formula is C10H15BrClNO. The van der Waals surface area contributed by atoms with Crippen molar-refractivity contribution in [2.75, 3.05) is 13.2 Å². The van der Waals surface area contributed by atoms with Gasteiger partial charge >= 0.3 is 0 Å². The minimum Gasteiger partial charge on any atom is -0.396 e. The molecule has 0 radical (unpaired) electrons. The Morgan fingerprint density at radius 2 is 1.86 bits per heavy atom. The minimum absolute atomic E-state index is 0. The van der Waals surface area contributed by atoms with Gasteiger partial charge < -0.3 is 10.8 Å². The fraction of sp³-hybridized carbons (Fsp3) is 0.400. The van der Waals surface area contributed by atoms with Crippen LogP contribution in [0.4, 0.5) is 0 Å². The third-order valence-corrected chi connectivity index (χ3v) is 2.56. The van der Waals surface area contributed by atoms with Gasteiger partial charge in [0.2, 0.25) is 0 Å². The first kappa shape index (κ1) is 13.9. The van der Waals surface area contributed by atoms with E-state index in [1.54, 1.807) is 0 Å². The smallest absolute Gasteiger partial charge is 0.0474 e. The lowest BCUT2D eigenvalue weighted by molar-refractivity contribution is 0.230. The fourth-order valence-electron chi connectivity index (χ4n) is 1.18. The third kappa shape index (κ3) is 4.42. The van der Waals surface area contributed by atoms with Gasteiger partial charge in [0.05, 0.1) is 0 Å². The van der Waals surface area contributed by atoms with Crippen LogP contribution in [0.15, 0.2) is 28.7 Å². The standard InChI is InChI=1S/C10H14BrNO.ClH/c11-10-3-1-8(2-4-10)5-9(6-12)7-13;/h1-4,9,13H,5-7,12H2;1H. The summed E-state index contributed by atoms with van der Waals surface area (Å²) < 4.78 is 1.07. The lowest BCUT2D eigenvalue weighted by Gasteiger charge is -2.10. The second-order valence-corrected chi connectivity index (χ2v) is 4.03. The molecule has 0 aliphatic carbocycles. The van der Waals surface area contributed by atoms with Crippen molar-refractivity contribution in [2.24, 2.45) is 11.7 Å². The summed E-state index contributed by atoms with van der Waals surface area (Å²) >= 11 is 3.37. The second kappa shape index (κ2) is 7.23. The van der Waals surface area contributed by atoms with Crippen LogP contribution < -0.4 is 5.73 Å². The number of hydrogen-bond donors (Lipinski definition) is 2. The monoisotopic (exact) mass is 279 g/mol. The molecule has 0 heterocycles. The minimum atomic E-state index is 0. The van der Waals surface area contributed by atoms with E-state index in [9.17, 15) is 0 Å². The number of halogens is 2. The van der Waals surface area contributed by atoms with Gasteiger partial charge in [-0.05, 0) is 36.6 Å². The molecule has 0 saturated heterocycles. The van der Waals surface area contributed by atoms with E-state index in [0.717, 1.165) is 10.9 Å². The van der Waals surface area contributed by atoms with E-state index < -0.39 is 0 Å². The second-order valence-electron chi connectivity index (χ2n) is 3.11. The average Bonchev–Trinajstić information content (AvgIpc) is 2.17. The zero-order chi connectivity index (χ0) is 9.68. The van der Waals surface area contributed by atoms with Crippen molar-refractivity contribution in [1.82, 2.24) is 0 Å². The van der Waals surface area contributed by atoms with Crippen LogP contribution in [-0.2, 0) is 6.42 Å². The summed E-state index contributed by atoms with van der Waals surface area (Å²) in [5.74, 6) is 0.182. The van der Waals surface area contributed by atoms with Crippen LogP contribution in [0.1, 0.15) is 5.56 Å². The lowest BCUT2D eigenvalue weighted by atomic mass is 10.0. The average molecular weight is 281 g/mol. The maximum Gasteiger partial charge on any atom is 0.0474 e. The summed E-state index contributed by atoms with van der Waals surface area (Å²) in [4.78, 5) is 0. The molecule has 2 nitrogen and oxygen atoms in total. The van der Waals surface area contributed by atoms with E-state index in [1.165, 1.54) is 5.56 Å². The van der Waals surface area contributed by atoms with E-state index in [4.69, 9.17) is 10.8 Å². The van der Waals surface area contributed by atoms with Crippen LogP contribution in [0.3, 0.4) is 0 Å². The maximum atomic E-state index is 8.95. The van der Waals surface area contributed by atoms with Crippen LogP contribution in [-0.4, -0.2) is 18.3 Å². The Labute approximate surface area is 99.0 Å². The van der Waals surface area contributed by atoms with Gasteiger partial charge in [0.15, 0.2) is 0 Å². The molecule has 0 fully saturated rings. The molecular weight excluding hydrogens is 265 g/mol. The Morgan fingerprint density at radius 1 is 1.29 bits per heavy atom. The summed E-state index contributed by atoms with van der Waals surface area (Å²) in [5, 5.41) is 8.95. The molecule has 80 valence electrons. The van der Waals surface area contributed by atoms with Gasteiger partial charge in [-0.3, -0.25) is 0 Å². The Hall–Kier alpha value is -0.0900. The van der Waals surface area contributed by atoms with Crippen molar-refractivity contribution in [1.29, 1.82) is 0 Å². The Bertz CT molecular complexity index is 249. The number of aliphatic hydroxyl groups is 1. The van der Waals surface area contributed by atoms with Crippen LogP contribution in [0.2, 0.25) is 0 Å². The predicted octanol–water partition coefficient (Wildman–Crippen LogP) is 1.98. The molecule has 1 atom stereocenters. The first-order chi connectivity index (χ1) is 6.26. The molecule has 1 aromatic carbocycles. The van der Waals surface area contributed by atoms with E-state index in [0.29, 0.717) is 6.54 Å². The van der Waals surface area contributed by atoms with Gasteiger partial charge in [0.1, 0.15) is 0 Å². The van der Waals surface area contributed by atoms with Crippen molar-refractivity contribution >= 4 is 28.3 Å². The molecule has 0 aliphatic heterocycles. The zero-order valence-electron chi connectivity index (χ0n) is 7.82. The maximum absolute atomic E-state index is 8.95. The zero-order valence-corrected chi connectivity index (χ0v) is 10.2. The van der Waals surface area contributed by atoms with Gasteiger partial charge in [0, 0.05) is 11.1 Å². The summed E-state index contributed by atoms with van der Waals surface area (Å²) in [7, 11) is 0. The molecule has 4 heteroatoms. The summed E-state index contributed by atoms with van der Waals surface area (Å²) in [5.41, 5.74) is 6.71. The molecule has 0 bridgehead atoms. The van der Waals surface area contributed by atoms with Crippen LogP contribution in [0, 0.1) is 5.92 Å². The van der Waals surface area contributed by atoms with Crippen molar-refractivity contribution in [3.05, 3.63) is 34.3 Å². The normalized spacial score (nSPS) is 11.9. The Kier molecular flexibility index (Phi) is 7.19. The van der Waals surface area contributed by atoms with Gasteiger partial charge in [-0.2, -0.15) is 0 Å². The van der Waals surface area contributed by atoms with Gasteiger partial charge in [-0.1, -0.05) is 28.1 Å². The summed E-state index contributed by atoms with van der Waals surface area (Å²) in [6.07, 6.45) is 0.847. The van der Waals surface area contributed by atoms with E-state index in [-0.39, 0.29) is 24.9 Å². The highest BCUT2D eigenvalue weighted by Gasteiger charge is 2.05. The van der Waals surface area contributed by atoms with E-state index >= 15 is 0 Å². The number of benzene rings is 1. The van der Waals surface area contributed by atoms with Crippen LogP contribution >= 0.6 is 28.3 Å². The van der Waals surface area contributed by atoms with E-state index in [2.05, 4.69) is 15.9 Å². The van der Waals surface area contributed by atoms with Crippen molar-refractivity contribution in [2.45, 2.75) is 6.42 Å². The summed E-state index contributed by atoms with van der Waals surface area (Å²) in [6.45, 7) is 0.694. The number of hydrogen-bond acceptors (Lipinski definition) is 2. The first-order valence-electron chi connectivity index (χ1n) is 4.31. The Morgan fingerprint density at radius 3 is 2.29 bits per heavy atom.